The molecule has 8 aromatic carbocycles. The van der Waals surface area contributed by atoms with Crippen LogP contribution >= 0.6 is 0 Å². The van der Waals surface area contributed by atoms with Crippen molar-refractivity contribution in [2.24, 2.45) is 0 Å². The Labute approximate surface area is 314 Å². The second-order valence-corrected chi connectivity index (χ2v) is 14.6. The molecule has 1 aliphatic heterocycles. The van der Waals surface area contributed by atoms with Crippen molar-refractivity contribution >= 4 is 76.3 Å². The van der Waals surface area contributed by atoms with Gasteiger partial charge in [0.1, 0.15) is 0 Å². The first-order valence-corrected chi connectivity index (χ1v) is 18.8. The van der Waals surface area contributed by atoms with Gasteiger partial charge in [-0.3, -0.25) is 9.13 Å². The maximum absolute atomic E-state index is 5.55. The number of rotatable bonds is 2. The molecule has 12 aromatic rings. The Balaban J connectivity index is 1.17. The van der Waals surface area contributed by atoms with Crippen LogP contribution in [0.25, 0.3) is 116 Å². The minimum Gasteiger partial charge on any atom is -0.308 e. The summed E-state index contributed by atoms with van der Waals surface area (Å²) < 4.78 is 7.08. The normalized spacial score (nSPS) is 12.4. The summed E-state index contributed by atoms with van der Waals surface area (Å²) in [4.78, 5) is 10.9. The van der Waals surface area contributed by atoms with E-state index in [-0.39, 0.29) is 0 Å². The van der Waals surface area contributed by atoms with Gasteiger partial charge in [0.25, 0.3) is 0 Å². The lowest BCUT2D eigenvalue weighted by Crippen LogP contribution is -2.07. The summed E-state index contributed by atoms with van der Waals surface area (Å²) in [5, 5.41) is 8.17. The van der Waals surface area contributed by atoms with Crippen molar-refractivity contribution in [3.05, 3.63) is 176 Å². The molecule has 0 aliphatic carbocycles. The Morgan fingerprint density at radius 2 is 0.800 bits per heavy atom. The summed E-state index contributed by atoms with van der Waals surface area (Å²) in [5.41, 5.74) is 13.9. The monoisotopic (exact) mass is 699 g/mol. The zero-order valence-corrected chi connectivity index (χ0v) is 29.5. The molecule has 0 unspecified atom stereocenters. The van der Waals surface area contributed by atoms with Gasteiger partial charge in [-0.2, -0.15) is 4.98 Å². The summed E-state index contributed by atoms with van der Waals surface area (Å²) in [5.74, 6) is 1.51. The Morgan fingerprint density at radius 3 is 1.53 bits per heavy atom. The SMILES string of the molecule is c1ccc2c(c1)-c1ccccc1-n1c3cc4c5ccccc5n(-c5nc(-n6c7ccccc7c7ccccc76)c6ccccc6n5)c4cc3c3cccc-2c31. The molecule has 0 spiro atoms. The van der Waals surface area contributed by atoms with Crippen molar-refractivity contribution in [3.63, 3.8) is 0 Å². The van der Waals surface area contributed by atoms with Crippen molar-refractivity contribution in [1.82, 2.24) is 23.7 Å². The van der Waals surface area contributed by atoms with Gasteiger partial charge in [-0.1, -0.05) is 127 Å². The van der Waals surface area contributed by atoms with Crippen molar-refractivity contribution in [2.45, 2.75) is 0 Å². The maximum Gasteiger partial charge on any atom is 0.237 e. The quantitative estimate of drug-likeness (QED) is 0.180. The van der Waals surface area contributed by atoms with Crippen LogP contribution in [0.2, 0.25) is 0 Å². The summed E-state index contributed by atoms with van der Waals surface area (Å²) in [7, 11) is 0. The third-order valence-electron chi connectivity index (χ3n) is 11.8. The predicted octanol–water partition coefficient (Wildman–Crippen LogP) is 12.6. The third kappa shape index (κ3) is 3.76. The van der Waals surface area contributed by atoms with E-state index in [9.17, 15) is 0 Å². The summed E-state index contributed by atoms with van der Waals surface area (Å²) in [6, 6.07) is 63.5. The van der Waals surface area contributed by atoms with E-state index in [4.69, 9.17) is 9.97 Å². The number of fused-ring (bicyclic) bond motifs is 15. The minimum absolute atomic E-state index is 0.644. The molecule has 0 N–H and O–H groups in total. The Morgan fingerprint density at radius 1 is 0.309 bits per heavy atom. The number of benzene rings is 8. The summed E-state index contributed by atoms with van der Waals surface area (Å²) >= 11 is 0. The van der Waals surface area contributed by atoms with Gasteiger partial charge in [0.2, 0.25) is 5.95 Å². The van der Waals surface area contributed by atoms with Crippen LogP contribution in [0.1, 0.15) is 0 Å². The fraction of sp³-hybridized carbons (Fsp3) is 0. The zero-order valence-electron chi connectivity index (χ0n) is 29.5. The molecule has 5 nitrogen and oxygen atoms in total. The first-order chi connectivity index (χ1) is 27.3. The highest BCUT2D eigenvalue weighted by molar-refractivity contribution is 6.22. The van der Waals surface area contributed by atoms with Crippen LogP contribution < -0.4 is 0 Å². The van der Waals surface area contributed by atoms with E-state index in [0.717, 1.165) is 49.6 Å². The molecule has 0 bridgehead atoms. The van der Waals surface area contributed by atoms with E-state index < -0.39 is 0 Å². The van der Waals surface area contributed by atoms with Gasteiger partial charge in [-0.25, -0.2) is 4.98 Å². The van der Waals surface area contributed by atoms with Crippen LogP contribution in [-0.2, 0) is 0 Å². The molecule has 5 heterocycles. The molecule has 4 aromatic heterocycles. The molecular weight excluding hydrogens is 671 g/mol. The molecule has 0 saturated heterocycles. The van der Waals surface area contributed by atoms with Crippen LogP contribution in [0.15, 0.2) is 176 Å². The Bertz CT molecular complexity index is 3560. The topological polar surface area (TPSA) is 40.6 Å². The molecule has 0 amide bonds. The van der Waals surface area contributed by atoms with Crippen molar-refractivity contribution in [3.8, 4) is 39.7 Å². The molecule has 55 heavy (non-hydrogen) atoms. The van der Waals surface area contributed by atoms with Crippen molar-refractivity contribution in [1.29, 1.82) is 0 Å². The lowest BCUT2D eigenvalue weighted by molar-refractivity contribution is 0.973. The van der Waals surface area contributed by atoms with Gasteiger partial charge in [0.15, 0.2) is 5.82 Å². The molecular formula is C50H29N5. The van der Waals surface area contributed by atoms with Gasteiger partial charge in [0.05, 0.1) is 44.3 Å². The Hall–Kier alpha value is -7.50. The highest BCUT2D eigenvalue weighted by atomic mass is 15.2. The molecule has 0 saturated carbocycles. The number of para-hydroxylation sites is 6. The van der Waals surface area contributed by atoms with Gasteiger partial charge in [-0.15, -0.1) is 0 Å². The second-order valence-electron chi connectivity index (χ2n) is 14.6. The lowest BCUT2D eigenvalue weighted by Gasteiger charge is -2.14. The van der Waals surface area contributed by atoms with Gasteiger partial charge >= 0.3 is 0 Å². The van der Waals surface area contributed by atoms with E-state index in [1.165, 1.54) is 60.5 Å². The van der Waals surface area contributed by atoms with Crippen molar-refractivity contribution in [2.75, 3.05) is 0 Å². The number of nitrogens with zero attached hydrogens (tertiary/aromatic N) is 5. The molecule has 0 radical (unpaired) electrons. The van der Waals surface area contributed by atoms with Crippen LogP contribution in [0.3, 0.4) is 0 Å². The Kier molecular flexibility index (Phi) is 5.57. The van der Waals surface area contributed by atoms with E-state index in [1.54, 1.807) is 0 Å². The van der Waals surface area contributed by atoms with Crippen LogP contribution in [0, 0.1) is 0 Å². The smallest absolute Gasteiger partial charge is 0.237 e. The van der Waals surface area contributed by atoms with E-state index >= 15 is 0 Å². The van der Waals surface area contributed by atoms with Crippen LogP contribution in [0.4, 0.5) is 0 Å². The third-order valence-corrected chi connectivity index (χ3v) is 11.8. The summed E-state index contributed by atoms with van der Waals surface area (Å²) in [6.07, 6.45) is 0. The highest BCUT2D eigenvalue weighted by Crippen LogP contribution is 2.48. The zero-order chi connectivity index (χ0) is 35.8. The fourth-order valence-corrected chi connectivity index (χ4v) is 9.53. The van der Waals surface area contributed by atoms with Crippen LogP contribution in [-0.4, -0.2) is 23.7 Å². The molecule has 5 heteroatoms. The first-order valence-electron chi connectivity index (χ1n) is 18.8. The van der Waals surface area contributed by atoms with Gasteiger partial charge in [-0.05, 0) is 59.7 Å². The number of hydrogen-bond donors (Lipinski definition) is 0. The predicted molar refractivity (Wildman–Crippen MR) is 227 cm³/mol. The average Bonchev–Trinajstić information content (AvgIpc) is 3.84. The van der Waals surface area contributed by atoms with Gasteiger partial charge < -0.3 is 4.57 Å². The van der Waals surface area contributed by atoms with E-state index in [2.05, 4.69) is 190 Å². The lowest BCUT2D eigenvalue weighted by atomic mass is 9.94. The fourth-order valence-electron chi connectivity index (χ4n) is 9.53. The minimum atomic E-state index is 0.644. The average molecular weight is 700 g/mol. The second kappa shape index (κ2) is 10.6. The highest BCUT2D eigenvalue weighted by Gasteiger charge is 2.26. The maximum atomic E-state index is 5.55. The largest absolute Gasteiger partial charge is 0.308 e. The molecule has 254 valence electrons. The first kappa shape index (κ1) is 29.0. The van der Waals surface area contributed by atoms with Gasteiger partial charge in [0, 0.05) is 48.8 Å². The molecule has 1 aliphatic rings. The number of aromatic nitrogens is 5. The van der Waals surface area contributed by atoms with Crippen LogP contribution in [0.5, 0.6) is 0 Å². The standard InChI is InChI=1S/C50H29N5/c1-2-15-31-30(14-1)32-16-4-9-24-42(32)53-46-28-39-35-19-7-12-27-45(35)55(47(39)29-40(46)37-22-13-21-36(31)48(37)53)50-51-41-23-8-3-20-38(41)49(52-50)54-43-25-10-5-17-33(43)34-18-6-11-26-44(34)54/h1-29H. The number of hydrogen-bond acceptors (Lipinski definition) is 2. The molecule has 13 rings (SSSR count). The van der Waals surface area contributed by atoms with Crippen molar-refractivity contribution < 1.29 is 0 Å². The van der Waals surface area contributed by atoms with E-state index in [1.807, 2.05) is 0 Å². The molecule has 0 atom stereocenters. The summed E-state index contributed by atoms with van der Waals surface area (Å²) in [6.45, 7) is 0. The molecule has 0 fully saturated rings. The van der Waals surface area contributed by atoms with E-state index in [0.29, 0.717) is 5.95 Å².